The Morgan fingerprint density at radius 1 is 1.44 bits per heavy atom. The topological polar surface area (TPSA) is 52.6 Å². The van der Waals surface area contributed by atoms with Crippen molar-refractivity contribution in [2.75, 3.05) is 7.11 Å². The van der Waals surface area contributed by atoms with Gasteiger partial charge in [0.25, 0.3) is 12.3 Å². The highest BCUT2D eigenvalue weighted by Crippen LogP contribution is 2.03. The molecule has 0 saturated heterocycles. The highest BCUT2D eigenvalue weighted by Gasteiger charge is 2.23. The van der Waals surface area contributed by atoms with Crippen LogP contribution in [0.5, 0.6) is 0 Å². The smallest absolute Gasteiger partial charge is 0.295 e. The minimum Gasteiger partial charge on any atom is -0.428 e. The van der Waals surface area contributed by atoms with Gasteiger partial charge in [0.05, 0.1) is 0 Å². The molecule has 0 rings (SSSR count). The maximum absolute atomic E-state index is 10.0. The summed E-state index contributed by atoms with van der Waals surface area (Å²) in [4.78, 5) is 19.7. The van der Waals surface area contributed by atoms with Gasteiger partial charge in [-0.3, -0.25) is 9.59 Å². The first kappa shape index (κ1) is 8.10. The molecule has 0 bridgehead atoms. The molecule has 0 aliphatic carbocycles. The summed E-state index contributed by atoms with van der Waals surface area (Å²) in [6, 6.07) is 0. The number of rotatable bonds is 4. The second-order valence-corrected chi connectivity index (χ2v) is 1.55. The molecule has 0 N–H and O–H groups in total. The maximum atomic E-state index is 10.0. The predicted molar refractivity (Wildman–Crippen MR) is 28.6 cm³/mol. The molecule has 52 valence electrons. The van der Waals surface area contributed by atoms with E-state index in [0.717, 1.165) is 0 Å². The van der Waals surface area contributed by atoms with E-state index in [2.05, 4.69) is 9.47 Å². The zero-order valence-corrected chi connectivity index (χ0v) is 5.29. The average molecular weight is 132 g/mol. The SMILES string of the molecule is COC(C)(C=O)OC=O. The zero-order valence-electron chi connectivity index (χ0n) is 5.29. The minimum absolute atomic E-state index is 0.165. The lowest BCUT2D eigenvalue weighted by molar-refractivity contribution is -0.194. The Morgan fingerprint density at radius 2 is 2.00 bits per heavy atom. The van der Waals surface area contributed by atoms with Gasteiger partial charge in [-0.25, -0.2) is 0 Å². The zero-order chi connectivity index (χ0) is 7.33. The van der Waals surface area contributed by atoms with Gasteiger partial charge in [0, 0.05) is 14.0 Å². The molecular weight excluding hydrogens is 124 g/mol. The lowest BCUT2D eigenvalue weighted by Crippen LogP contribution is -2.32. The molecule has 1 atom stereocenters. The molecule has 0 spiro atoms. The fourth-order valence-corrected chi connectivity index (χ4v) is 0.220. The molecule has 0 heterocycles. The van der Waals surface area contributed by atoms with E-state index in [1.807, 2.05) is 0 Å². The van der Waals surface area contributed by atoms with Gasteiger partial charge in [0.15, 0.2) is 6.29 Å². The lowest BCUT2D eigenvalue weighted by Gasteiger charge is -2.17. The van der Waals surface area contributed by atoms with E-state index in [4.69, 9.17) is 0 Å². The maximum Gasteiger partial charge on any atom is 0.295 e. The third kappa shape index (κ3) is 2.23. The summed E-state index contributed by atoms with van der Waals surface area (Å²) in [5, 5.41) is 0. The van der Waals surface area contributed by atoms with Gasteiger partial charge in [-0.05, 0) is 0 Å². The van der Waals surface area contributed by atoms with Crippen LogP contribution >= 0.6 is 0 Å². The molecule has 0 aromatic rings. The third-order valence-corrected chi connectivity index (χ3v) is 0.902. The van der Waals surface area contributed by atoms with Gasteiger partial charge < -0.3 is 9.47 Å². The Labute approximate surface area is 52.7 Å². The van der Waals surface area contributed by atoms with Crippen molar-refractivity contribution in [3.63, 3.8) is 0 Å². The molecule has 9 heavy (non-hydrogen) atoms. The normalized spacial score (nSPS) is 15.8. The monoisotopic (exact) mass is 132 g/mol. The molecule has 0 aliphatic rings. The number of hydrogen-bond donors (Lipinski definition) is 0. The second kappa shape index (κ2) is 3.19. The summed E-state index contributed by atoms with van der Waals surface area (Å²) in [5.74, 6) is -1.41. The van der Waals surface area contributed by atoms with Crippen LogP contribution in [0.1, 0.15) is 6.92 Å². The van der Waals surface area contributed by atoms with Crippen LogP contribution in [0.25, 0.3) is 0 Å². The fraction of sp³-hybridized carbons (Fsp3) is 0.600. The van der Waals surface area contributed by atoms with Crippen LogP contribution < -0.4 is 0 Å². The van der Waals surface area contributed by atoms with Crippen molar-refractivity contribution in [2.24, 2.45) is 0 Å². The summed E-state index contributed by atoms with van der Waals surface area (Å²) in [7, 11) is 1.28. The number of ether oxygens (including phenoxy) is 2. The first-order valence-corrected chi connectivity index (χ1v) is 2.31. The molecule has 0 aromatic carbocycles. The summed E-state index contributed by atoms with van der Waals surface area (Å²) < 4.78 is 8.76. The van der Waals surface area contributed by atoms with Crippen LogP contribution in [0.15, 0.2) is 0 Å². The molecule has 0 amide bonds. The van der Waals surface area contributed by atoms with Crippen LogP contribution in [0.3, 0.4) is 0 Å². The molecule has 4 heteroatoms. The molecular formula is C5H8O4. The molecule has 0 saturated carbocycles. The van der Waals surface area contributed by atoms with E-state index in [1.165, 1.54) is 14.0 Å². The summed E-state index contributed by atoms with van der Waals surface area (Å²) >= 11 is 0. The molecule has 1 unspecified atom stereocenters. The van der Waals surface area contributed by atoms with Crippen molar-refractivity contribution in [1.82, 2.24) is 0 Å². The Bertz CT molecular complexity index is 112. The highest BCUT2D eigenvalue weighted by molar-refractivity contribution is 5.62. The van der Waals surface area contributed by atoms with Crippen molar-refractivity contribution in [2.45, 2.75) is 12.7 Å². The Morgan fingerprint density at radius 3 is 2.11 bits per heavy atom. The van der Waals surface area contributed by atoms with Crippen molar-refractivity contribution < 1.29 is 19.1 Å². The predicted octanol–water partition coefficient (Wildman–Crippen LogP) is -0.279. The minimum atomic E-state index is -1.41. The van der Waals surface area contributed by atoms with E-state index in [9.17, 15) is 9.59 Å². The average Bonchev–Trinajstić information content (AvgIpc) is 1.89. The number of aldehydes is 1. The molecule has 0 radical (unpaired) electrons. The summed E-state index contributed by atoms with van der Waals surface area (Å²) in [6.45, 7) is 1.51. The van der Waals surface area contributed by atoms with E-state index in [0.29, 0.717) is 6.29 Å². The van der Waals surface area contributed by atoms with Gasteiger partial charge in [-0.15, -0.1) is 0 Å². The number of hydrogen-bond acceptors (Lipinski definition) is 4. The first-order valence-electron chi connectivity index (χ1n) is 2.31. The number of carbonyl (C=O) groups is 2. The van der Waals surface area contributed by atoms with Crippen LogP contribution in [0.2, 0.25) is 0 Å². The summed E-state index contributed by atoms with van der Waals surface area (Å²) in [6.07, 6.45) is 0.404. The van der Waals surface area contributed by atoms with Gasteiger partial charge in [0.1, 0.15) is 0 Å². The highest BCUT2D eigenvalue weighted by atomic mass is 16.7. The van der Waals surface area contributed by atoms with Crippen LogP contribution in [-0.2, 0) is 19.1 Å². The molecule has 4 nitrogen and oxygen atoms in total. The van der Waals surface area contributed by atoms with Gasteiger partial charge >= 0.3 is 0 Å². The van der Waals surface area contributed by atoms with Crippen molar-refractivity contribution in [3.05, 3.63) is 0 Å². The molecule has 0 fully saturated rings. The third-order valence-electron chi connectivity index (χ3n) is 0.902. The Kier molecular flexibility index (Phi) is 2.87. The van der Waals surface area contributed by atoms with E-state index in [1.54, 1.807) is 0 Å². The number of carbonyl (C=O) groups excluding carboxylic acids is 2. The van der Waals surface area contributed by atoms with Crippen molar-refractivity contribution >= 4 is 12.8 Å². The van der Waals surface area contributed by atoms with E-state index >= 15 is 0 Å². The standard InChI is InChI=1S/C5H8O4/c1-5(3-6,8-2)9-4-7/h3-4H,1-2H3. The van der Waals surface area contributed by atoms with Crippen LogP contribution in [-0.4, -0.2) is 25.7 Å². The van der Waals surface area contributed by atoms with Crippen molar-refractivity contribution in [1.29, 1.82) is 0 Å². The van der Waals surface area contributed by atoms with Crippen LogP contribution in [0, 0.1) is 0 Å². The largest absolute Gasteiger partial charge is 0.428 e. The quantitative estimate of drug-likeness (QED) is 0.390. The molecule has 0 aromatic heterocycles. The lowest BCUT2D eigenvalue weighted by atomic mass is 10.4. The van der Waals surface area contributed by atoms with E-state index < -0.39 is 5.79 Å². The van der Waals surface area contributed by atoms with Gasteiger partial charge in [0.2, 0.25) is 0 Å². The Balaban J connectivity index is 3.90. The number of methoxy groups -OCH3 is 1. The Hall–Kier alpha value is -0.900. The summed E-state index contributed by atoms with van der Waals surface area (Å²) in [5.41, 5.74) is 0. The van der Waals surface area contributed by atoms with E-state index in [-0.39, 0.29) is 6.47 Å². The fourth-order valence-electron chi connectivity index (χ4n) is 0.220. The van der Waals surface area contributed by atoms with Gasteiger partial charge in [-0.2, -0.15) is 0 Å². The van der Waals surface area contributed by atoms with Crippen molar-refractivity contribution in [3.8, 4) is 0 Å². The second-order valence-electron chi connectivity index (χ2n) is 1.55. The molecule has 0 aliphatic heterocycles. The van der Waals surface area contributed by atoms with Gasteiger partial charge in [-0.1, -0.05) is 0 Å². The first-order chi connectivity index (χ1) is 4.18. The van der Waals surface area contributed by atoms with Crippen LogP contribution in [0.4, 0.5) is 0 Å².